The molecule has 112 valence electrons. The number of carboxylic acids is 1. The van der Waals surface area contributed by atoms with Crippen LogP contribution in [0.3, 0.4) is 0 Å². The van der Waals surface area contributed by atoms with E-state index in [-0.39, 0.29) is 12.5 Å². The van der Waals surface area contributed by atoms with Gasteiger partial charge in [0.05, 0.1) is 19.6 Å². The van der Waals surface area contributed by atoms with Gasteiger partial charge >= 0.3 is 5.97 Å². The number of imidazole rings is 1. The van der Waals surface area contributed by atoms with E-state index in [4.69, 9.17) is 9.84 Å². The summed E-state index contributed by atoms with van der Waals surface area (Å²) in [5.74, 6) is 0.239. The topological polar surface area (TPSA) is 78.5 Å². The van der Waals surface area contributed by atoms with Gasteiger partial charge in [0.1, 0.15) is 5.82 Å². The van der Waals surface area contributed by atoms with E-state index in [1.54, 1.807) is 0 Å². The number of carboxylic acid groups (broad SMARTS) is 1. The average molecular weight is 281 g/mol. The van der Waals surface area contributed by atoms with Gasteiger partial charge in [-0.05, 0) is 6.42 Å². The molecule has 20 heavy (non-hydrogen) atoms. The Morgan fingerprint density at radius 2 is 2.50 bits per heavy atom. The van der Waals surface area contributed by atoms with Gasteiger partial charge in [-0.1, -0.05) is 13.3 Å². The molecule has 0 aromatic carbocycles. The molecular formula is C14H23N3O3. The Morgan fingerprint density at radius 3 is 3.25 bits per heavy atom. The van der Waals surface area contributed by atoms with Gasteiger partial charge in [0.15, 0.2) is 0 Å². The molecule has 2 rings (SSSR count). The summed E-state index contributed by atoms with van der Waals surface area (Å²) in [5.41, 5.74) is 1.05. The molecule has 0 aliphatic carbocycles. The average Bonchev–Trinajstić information content (AvgIpc) is 2.86. The Labute approximate surface area is 119 Å². The van der Waals surface area contributed by atoms with Crippen LogP contribution in [0.4, 0.5) is 0 Å². The molecule has 2 heterocycles. The third-order valence-electron chi connectivity index (χ3n) is 3.58. The van der Waals surface area contributed by atoms with Crippen molar-refractivity contribution in [2.24, 2.45) is 0 Å². The second-order valence-corrected chi connectivity index (χ2v) is 5.26. The first-order valence-corrected chi connectivity index (χ1v) is 7.25. The smallest absolute Gasteiger partial charge is 0.305 e. The van der Waals surface area contributed by atoms with Crippen molar-refractivity contribution in [3.63, 3.8) is 0 Å². The Kier molecular flexibility index (Phi) is 5.55. The highest BCUT2D eigenvalue weighted by atomic mass is 16.5. The van der Waals surface area contributed by atoms with Crippen LogP contribution in [0.2, 0.25) is 0 Å². The highest BCUT2D eigenvalue weighted by Gasteiger charge is 2.25. The lowest BCUT2D eigenvalue weighted by atomic mass is 10.1. The first-order chi connectivity index (χ1) is 9.69. The molecule has 1 fully saturated rings. The van der Waals surface area contributed by atoms with Crippen molar-refractivity contribution in [1.82, 2.24) is 14.9 Å². The molecule has 2 N–H and O–H groups in total. The minimum absolute atomic E-state index is 0.0522. The van der Waals surface area contributed by atoms with Crippen molar-refractivity contribution in [3.8, 4) is 0 Å². The number of H-pyrrole nitrogens is 1. The van der Waals surface area contributed by atoms with Crippen LogP contribution < -0.4 is 0 Å². The summed E-state index contributed by atoms with van der Waals surface area (Å²) in [7, 11) is 0. The minimum atomic E-state index is -0.779. The molecule has 0 radical (unpaired) electrons. The summed E-state index contributed by atoms with van der Waals surface area (Å²) >= 11 is 0. The number of aliphatic carboxylic acids is 1. The van der Waals surface area contributed by atoms with Crippen molar-refractivity contribution < 1.29 is 14.6 Å². The quantitative estimate of drug-likeness (QED) is 0.790. The SMILES string of the molecule is CCCCc1ncc(CN2CCOC[C@@H]2CC(=O)O)[nH]1. The van der Waals surface area contributed by atoms with Gasteiger partial charge in [-0.15, -0.1) is 0 Å². The van der Waals surface area contributed by atoms with Crippen LogP contribution in [0.5, 0.6) is 0 Å². The maximum Gasteiger partial charge on any atom is 0.305 e. The van der Waals surface area contributed by atoms with Crippen LogP contribution in [0.1, 0.15) is 37.7 Å². The molecule has 6 heteroatoms. The second kappa shape index (κ2) is 7.40. The monoisotopic (exact) mass is 281 g/mol. The molecule has 1 aromatic rings. The Bertz CT molecular complexity index is 433. The van der Waals surface area contributed by atoms with Gasteiger partial charge in [-0.3, -0.25) is 9.69 Å². The summed E-state index contributed by atoms with van der Waals surface area (Å²) < 4.78 is 5.38. The van der Waals surface area contributed by atoms with Crippen molar-refractivity contribution in [2.45, 2.75) is 45.2 Å². The molecule has 0 spiro atoms. The van der Waals surface area contributed by atoms with E-state index in [0.717, 1.165) is 37.3 Å². The minimum Gasteiger partial charge on any atom is -0.481 e. The van der Waals surface area contributed by atoms with Gasteiger partial charge in [0.25, 0.3) is 0 Å². The summed E-state index contributed by atoms with van der Waals surface area (Å²) in [6.07, 6.45) is 5.24. The number of aromatic nitrogens is 2. The Balaban J connectivity index is 1.92. The Morgan fingerprint density at radius 1 is 1.65 bits per heavy atom. The van der Waals surface area contributed by atoms with Gasteiger partial charge in [0.2, 0.25) is 0 Å². The van der Waals surface area contributed by atoms with Crippen LogP contribution >= 0.6 is 0 Å². The number of carbonyl (C=O) groups is 1. The maximum atomic E-state index is 10.9. The number of hydrogen-bond acceptors (Lipinski definition) is 4. The summed E-state index contributed by atoms with van der Waals surface area (Å²) in [5, 5.41) is 8.95. The standard InChI is InChI=1S/C14H23N3O3/c1-2-3-4-13-15-8-11(16-13)9-17-5-6-20-10-12(17)7-14(18)19/h8,12H,2-7,9-10H2,1H3,(H,15,16)(H,18,19)/t12-/m0/s1. The predicted octanol–water partition coefficient (Wildman–Crippen LogP) is 1.43. The molecule has 0 bridgehead atoms. The fourth-order valence-electron chi connectivity index (χ4n) is 2.46. The number of hydrogen-bond donors (Lipinski definition) is 2. The van der Waals surface area contributed by atoms with E-state index in [9.17, 15) is 4.79 Å². The van der Waals surface area contributed by atoms with Crippen LogP contribution in [-0.2, 0) is 22.5 Å². The lowest BCUT2D eigenvalue weighted by Crippen LogP contribution is -2.45. The molecule has 0 unspecified atom stereocenters. The number of unbranched alkanes of at least 4 members (excludes halogenated alkanes) is 1. The fraction of sp³-hybridized carbons (Fsp3) is 0.714. The van der Waals surface area contributed by atoms with Crippen LogP contribution in [0, 0.1) is 0 Å². The van der Waals surface area contributed by atoms with Crippen LogP contribution in [0.25, 0.3) is 0 Å². The van der Waals surface area contributed by atoms with Crippen LogP contribution in [0.15, 0.2) is 6.20 Å². The molecule has 6 nitrogen and oxygen atoms in total. The van der Waals surface area contributed by atoms with E-state index in [1.165, 1.54) is 0 Å². The number of rotatable bonds is 7. The lowest BCUT2D eigenvalue weighted by Gasteiger charge is -2.34. The molecular weight excluding hydrogens is 258 g/mol. The normalized spacial score (nSPS) is 20.1. The number of nitrogens with zero attached hydrogens (tertiary/aromatic N) is 2. The molecule has 1 atom stereocenters. The largest absolute Gasteiger partial charge is 0.481 e. The van der Waals surface area contributed by atoms with E-state index in [0.29, 0.717) is 19.8 Å². The summed E-state index contributed by atoms with van der Waals surface area (Å²) in [6, 6.07) is -0.0522. The molecule has 1 aromatic heterocycles. The fourth-order valence-corrected chi connectivity index (χ4v) is 2.46. The van der Waals surface area contributed by atoms with E-state index in [2.05, 4.69) is 21.8 Å². The maximum absolute atomic E-state index is 10.9. The number of morpholine rings is 1. The highest BCUT2D eigenvalue weighted by Crippen LogP contribution is 2.14. The number of aryl methyl sites for hydroxylation is 1. The van der Waals surface area contributed by atoms with Gasteiger partial charge in [-0.2, -0.15) is 0 Å². The zero-order chi connectivity index (χ0) is 14.4. The predicted molar refractivity (Wildman–Crippen MR) is 74.5 cm³/mol. The van der Waals surface area contributed by atoms with E-state index < -0.39 is 5.97 Å². The molecule has 1 aliphatic heterocycles. The summed E-state index contributed by atoms with van der Waals surface area (Å²) in [6.45, 7) is 4.78. The zero-order valence-corrected chi connectivity index (χ0v) is 12.0. The van der Waals surface area contributed by atoms with E-state index in [1.807, 2.05) is 6.20 Å². The molecule has 0 amide bonds. The van der Waals surface area contributed by atoms with Crippen molar-refractivity contribution in [1.29, 1.82) is 0 Å². The zero-order valence-electron chi connectivity index (χ0n) is 12.0. The molecule has 1 aliphatic rings. The molecule has 0 saturated carbocycles. The second-order valence-electron chi connectivity index (χ2n) is 5.26. The van der Waals surface area contributed by atoms with Crippen molar-refractivity contribution in [2.75, 3.05) is 19.8 Å². The number of aromatic amines is 1. The third-order valence-corrected chi connectivity index (χ3v) is 3.58. The van der Waals surface area contributed by atoms with Gasteiger partial charge in [-0.25, -0.2) is 4.98 Å². The first kappa shape index (κ1) is 15.0. The third kappa shape index (κ3) is 4.31. The highest BCUT2D eigenvalue weighted by molar-refractivity contribution is 5.67. The van der Waals surface area contributed by atoms with Gasteiger partial charge < -0.3 is 14.8 Å². The number of ether oxygens (including phenoxy) is 1. The molecule has 1 saturated heterocycles. The van der Waals surface area contributed by atoms with E-state index >= 15 is 0 Å². The number of nitrogens with one attached hydrogen (secondary N) is 1. The van der Waals surface area contributed by atoms with Crippen molar-refractivity contribution >= 4 is 5.97 Å². The summed E-state index contributed by atoms with van der Waals surface area (Å²) in [4.78, 5) is 20.8. The Hall–Kier alpha value is -1.40. The van der Waals surface area contributed by atoms with Crippen molar-refractivity contribution in [3.05, 3.63) is 17.7 Å². The van der Waals surface area contributed by atoms with Gasteiger partial charge in [0, 0.05) is 37.4 Å². The first-order valence-electron chi connectivity index (χ1n) is 7.25. The lowest BCUT2D eigenvalue weighted by molar-refractivity contribution is -0.140. The van der Waals surface area contributed by atoms with Crippen LogP contribution in [-0.4, -0.2) is 51.7 Å².